The monoisotopic (exact) mass is 486 g/mol. The van der Waals surface area contributed by atoms with Gasteiger partial charge in [0.05, 0.1) is 11.7 Å². The number of anilines is 1. The number of nitrogens with one attached hydrogen (secondary N) is 3. The first-order valence-corrected chi connectivity index (χ1v) is 12.1. The fourth-order valence-electron chi connectivity index (χ4n) is 5.43. The highest BCUT2D eigenvalue weighted by molar-refractivity contribution is 5.94. The summed E-state index contributed by atoms with van der Waals surface area (Å²) in [6.07, 6.45) is 7.76. The highest BCUT2D eigenvalue weighted by Crippen LogP contribution is 2.31. The molecule has 1 aliphatic heterocycles. The van der Waals surface area contributed by atoms with Crippen LogP contribution < -0.4 is 10.6 Å². The lowest BCUT2D eigenvalue weighted by molar-refractivity contribution is 0.172. The zero-order valence-electron chi connectivity index (χ0n) is 19.7. The molecule has 5 rings (SSSR count). The van der Waals surface area contributed by atoms with Gasteiger partial charge in [0.1, 0.15) is 11.6 Å². The first kappa shape index (κ1) is 23.4. The van der Waals surface area contributed by atoms with Gasteiger partial charge in [-0.15, -0.1) is 0 Å². The highest BCUT2D eigenvalue weighted by atomic mass is 19.1. The van der Waals surface area contributed by atoms with Crippen LogP contribution in [0.2, 0.25) is 0 Å². The number of aromatic nitrogens is 3. The maximum absolute atomic E-state index is 14.6. The van der Waals surface area contributed by atoms with E-state index in [4.69, 9.17) is 0 Å². The molecule has 0 bridgehead atoms. The van der Waals surface area contributed by atoms with Crippen molar-refractivity contribution < 1.29 is 18.0 Å². The summed E-state index contributed by atoms with van der Waals surface area (Å²) < 4.78 is 42.5. The largest absolute Gasteiger partial charge is 0.365 e. The van der Waals surface area contributed by atoms with Crippen LogP contribution in [0.3, 0.4) is 0 Å². The van der Waals surface area contributed by atoms with Crippen LogP contribution >= 0.6 is 0 Å². The van der Waals surface area contributed by atoms with E-state index in [1.807, 2.05) is 4.90 Å². The number of amides is 2. The van der Waals surface area contributed by atoms with Crippen LogP contribution in [0.4, 0.5) is 23.8 Å². The van der Waals surface area contributed by atoms with Crippen molar-refractivity contribution in [3.05, 3.63) is 42.0 Å². The third-order valence-corrected chi connectivity index (χ3v) is 7.22. The molecule has 2 amide bonds. The Labute approximate surface area is 201 Å². The zero-order valence-corrected chi connectivity index (χ0v) is 19.7. The number of nitrogens with zero attached hydrogens (tertiary/aromatic N) is 3. The summed E-state index contributed by atoms with van der Waals surface area (Å²) >= 11 is 0. The van der Waals surface area contributed by atoms with Crippen molar-refractivity contribution in [1.82, 2.24) is 25.2 Å². The summed E-state index contributed by atoms with van der Waals surface area (Å²) in [6, 6.07) is 2.30. The molecule has 1 aliphatic carbocycles. The summed E-state index contributed by atoms with van der Waals surface area (Å²) in [7, 11) is 0. The van der Waals surface area contributed by atoms with Gasteiger partial charge in [-0.2, -0.15) is 0 Å². The molecule has 10 heteroatoms. The number of hydrogen-bond donors (Lipinski definition) is 3. The Kier molecular flexibility index (Phi) is 6.29. The molecule has 35 heavy (non-hydrogen) atoms. The van der Waals surface area contributed by atoms with Gasteiger partial charge in [-0.05, 0) is 58.4 Å². The van der Waals surface area contributed by atoms with Gasteiger partial charge >= 0.3 is 6.03 Å². The SMILES string of the molecule is C[C@@H]1CC[C@H](C)N1C(=O)N[C@H]1CCC[C@@H](Nc2nc(-c3c[nH]c4c(F)cc(F)cc34)ncc2F)C1. The molecule has 4 atom stereocenters. The Morgan fingerprint density at radius 3 is 2.57 bits per heavy atom. The van der Waals surface area contributed by atoms with Crippen LogP contribution in [0.15, 0.2) is 24.5 Å². The summed E-state index contributed by atoms with van der Waals surface area (Å²) in [6.45, 7) is 4.14. The quantitative estimate of drug-likeness (QED) is 0.464. The number of likely N-dealkylation sites (tertiary alicyclic amines) is 1. The van der Waals surface area contributed by atoms with Gasteiger partial charge in [0.2, 0.25) is 0 Å². The summed E-state index contributed by atoms with van der Waals surface area (Å²) in [5.74, 6) is -1.87. The van der Waals surface area contributed by atoms with Crippen molar-refractivity contribution in [2.75, 3.05) is 5.32 Å². The van der Waals surface area contributed by atoms with Crippen molar-refractivity contribution in [2.24, 2.45) is 0 Å². The molecule has 2 aliphatic rings. The average Bonchev–Trinajstić information content (AvgIpc) is 3.38. The first-order chi connectivity index (χ1) is 16.8. The van der Waals surface area contributed by atoms with Gasteiger partial charge in [-0.1, -0.05) is 0 Å². The van der Waals surface area contributed by atoms with Gasteiger partial charge in [0.15, 0.2) is 17.5 Å². The molecule has 0 radical (unpaired) electrons. The van der Waals surface area contributed by atoms with E-state index in [0.717, 1.165) is 44.4 Å². The Morgan fingerprint density at radius 1 is 1.06 bits per heavy atom. The molecule has 1 saturated carbocycles. The number of urea groups is 1. The Morgan fingerprint density at radius 2 is 1.80 bits per heavy atom. The maximum Gasteiger partial charge on any atom is 0.318 e. The van der Waals surface area contributed by atoms with E-state index in [0.29, 0.717) is 12.0 Å². The molecule has 1 saturated heterocycles. The number of carbonyl (C=O) groups excluding carboxylic acids is 1. The van der Waals surface area contributed by atoms with Crippen molar-refractivity contribution in [2.45, 2.75) is 76.5 Å². The number of benzene rings is 1. The molecule has 2 fully saturated rings. The molecule has 186 valence electrons. The Bertz CT molecular complexity index is 1240. The fourth-order valence-corrected chi connectivity index (χ4v) is 5.43. The lowest BCUT2D eigenvalue weighted by Gasteiger charge is -2.34. The summed E-state index contributed by atoms with van der Waals surface area (Å²) in [4.78, 5) is 25.9. The standard InChI is InChI=1S/C25H29F3N6O/c1-13-6-7-14(2)34(13)25(35)32-17-5-3-4-16(10-17)31-24-21(28)12-30-23(33-24)19-11-29-22-18(19)8-15(26)9-20(22)27/h8-9,11-14,16-17,29H,3-7,10H2,1-2H3,(H,32,35)(H,30,31,33)/t13-,14+,16-,17+/m1/s1. The number of rotatable bonds is 4. The van der Waals surface area contributed by atoms with Gasteiger partial charge < -0.3 is 20.5 Å². The molecule has 2 aromatic heterocycles. The highest BCUT2D eigenvalue weighted by Gasteiger charge is 2.33. The van der Waals surface area contributed by atoms with Crippen LogP contribution in [-0.4, -0.2) is 50.1 Å². The molecular formula is C25H29F3N6O. The second kappa shape index (κ2) is 9.39. The molecule has 3 heterocycles. The number of aromatic amines is 1. The third kappa shape index (κ3) is 4.66. The molecule has 7 nitrogen and oxygen atoms in total. The predicted octanol–water partition coefficient (Wildman–Crippen LogP) is 5.35. The van der Waals surface area contributed by atoms with Crippen LogP contribution in [0.5, 0.6) is 0 Å². The van der Waals surface area contributed by atoms with Crippen LogP contribution in [0, 0.1) is 17.5 Å². The van der Waals surface area contributed by atoms with Crippen LogP contribution in [0.1, 0.15) is 52.4 Å². The van der Waals surface area contributed by atoms with Crippen LogP contribution in [-0.2, 0) is 0 Å². The number of H-pyrrole nitrogens is 1. The van der Waals surface area contributed by atoms with Crippen molar-refractivity contribution in [3.63, 3.8) is 0 Å². The Hall–Kier alpha value is -3.30. The van der Waals surface area contributed by atoms with E-state index in [1.54, 1.807) is 0 Å². The van der Waals surface area contributed by atoms with Crippen molar-refractivity contribution in [3.8, 4) is 11.4 Å². The zero-order chi connectivity index (χ0) is 24.7. The minimum atomic E-state index is -0.722. The average molecular weight is 487 g/mol. The van der Waals surface area contributed by atoms with Gasteiger partial charge in [-0.3, -0.25) is 0 Å². The molecule has 3 N–H and O–H groups in total. The molecule has 3 aromatic rings. The van der Waals surface area contributed by atoms with Gasteiger partial charge in [-0.25, -0.2) is 27.9 Å². The number of halogens is 3. The Balaban J connectivity index is 1.31. The molecular weight excluding hydrogens is 457 g/mol. The topological polar surface area (TPSA) is 85.9 Å². The van der Waals surface area contributed by atoms with E-state index < -0.39 is 17.5 Å². The third-order valence-electron chi connectivity index (χ3n) is 7.22. The van der Waals surface area contributed by atoms with E-state index >= 15 is 0 Å². The van der Waals surface area contributed by atoms with E-state index in [9.17, 15) is 18.0 Å². The predicted molar refractivity (Wildman–Crippen MR) is 127 cm³/mol. The molecule has 0 unspecified atom stereocenters. The maximum atomic E-state index is 14.6. The summed E-state index contributed by atoms with van der Waals surface area (Å²) in [5.41, 5.74) is 0.514. The second-order valence-electron chi connectivity index (χ2n) is 9.74. The normalized spacial score (nSPS) is 24.7. The minimum absolute atomic E-state index is 0.0160. The van der Waals surface area contributed by atoms with Gasteiger partial charge in [0.25, 0.3) is 0 Å². The van der Waals surface area contributed by atoms with Crippen LogP contribution in [0.25, 0.3) is 22.3 Å². The number of hydrogen-bond acceptors (Lipinski definition) is 4. The van der Waals surface area contributed by atoms with Crippen molar-refractivity contribution in [1.29, 1.82) is 0 Å². The lowest BCUT2D eigenvalue weighted by Crippen LogP contribution is -2.50. The smallest absolute Gasteiger partial charge is 0.318 e. The minimum Gasteiger partial charge on any atom is -0.365 e. The van der Waals surface area contributed by atoms with Gasteiger partial charge in [0, 0.05) is 47.4 Å². The van der Waals surface area contributed by atoms with E-state index in [2.05, 4.69) is 39.4 Å². The first-order valence-electron chi connectivity index (χ1n) is 12.1. The molecule has 0 spiro atoms. The van der Waals surface area contributed by atoms with Crippen molar-refractivity contribution >= 4 is 22.8 Å². The number of carbonyl (C=O) groups is 1. The molecule has 1 aromatic carbocycles. The lowest BCUT2D eigenvalue weighted by atomic mass is 9.91. The fraction of sp³-hybridized carbons (Fsp3) is 0.480. The van der Waals surface area contributed by atoms with E-state index in [1.165, 1.54) is 12.3 Å². The van der Waals surface area contributed by atoms with E-state index in [-0.39, 0.29) is 52.7 Å². The number of fused-ring (bicyclic) bond motifs is 1. The second-order valence-corrected chi connectivity index (χ2v) is 9.74. The summed E-state index contributed by atoms with van der Waals surface area (Å²) in [5, 5.41) is 6.61.